The number of unbranched alkanes of at least 4 members (excludes halogenated alkanes) is 6. The molecule has 0 atom stereocenters. The Bertz CT molecular complexity index is 1440. The van der Waals surface area contributed by atoms with Crippen LogP contribution < -0.4 is 14.2 Å². The quantitative estimate of drug-likeness (QED) is 0.0638. The maximum Gasteiger partial charge on any atom is 0.343 e. The third kappa shape index (κ3) is 21.0. The van der Waals surface area contributed by atoms with Gasteiger partial charge in [0.05, 0.1) is 5.56 Å². The number of benzene rings is 3. The lowest BCUT2D eigenvalue weighted by atomic mass is 10.1. The highest BCUT2D eigenvalue weighted by Crippen LogP contribution is 2.24. The van der Waals surface area contributed by atoms with E-state index in [4.69, 9.17) is 14.2 Å². The Hall–Kier alpha value is -4.26. The van der Waals surface area contributed by atoms with Crippen molar-refractivity contribution in [1.29, 1.82) is 0 Å². The van der Waals surface area contributed by atoms with Crippen LogP contribution in [0.15, 0.2) is 72.3 Å². The molecule has 0 aliphatic rings. The predicted octanol–water partition coefficient (Wildman–Crippen LogP) is 12.2. The van der Waals surface area contributed by atoms with Crippen LogP contribution in [0.5, 0.6) is 17.2 Å². The lowest BCUT2D eigenvalue weighted by Gasteiger charge is -2.08. The standard InChI is InChI=1S/C31H36O6.C6H12.C4H8O.C2H6/c1-3-5-7-9-11-29(32)35-26-17-19-27(20-18-26)37-31(34)25-14-13-24-22-28(16-15-23(24)21-25)36-30(33)12-10-8-6-4-2;1-4-6(3)5-2;1-3-4(2)5;1-2/h13-22H,3-12H2,1-2H3;4H,5H2,1-3H3;3H2,1-2H3;1-2H3. The summed E-state index contributed by atoms with van der Waals surface area (Å²) in [7, 11) is 0. The van der Waals surface area contributed by atoms with E-state index in [0.29, 0.717) is 42.1 Å². The molecule has 7 heteroatoms. The van der Waals surface area contributed by atoms with E-state index in [1.54, 1.807) is 61.5 Å². The van der Waals surface area contributed by atoms with Crippen LogP contribution in [0.2, 0.25) is 0 Å². The van der Waals surface area contributed by atoms with Crippen LogP contribution in [-0.4, -0.2) is 23.7 Å². The number of fused-ring (bicyclic) bond motifs is 1. The van der Waals surface area contributed by atoms with E-state index in [1.165, 1.54) is 12.0 Å². The van der Waals surface area contributed by atoms with Gasteiger partial charge < -0.3 is 19.0 Å². The molecular weight excluding hydrogens is 628 g/mol. The molecule has 0 aliphatic carbocycles. The van der Waals surface area contributed by atoms with Gasteiger partial charge in [0.2, 0.25) is 0 Å². The van der Waals surface area contributed by atoms with E-state index in [9.17, 15) is 19.2 Å². The first-order valence-electron chi connectivity index (χ1n) is 18.4. The van der Waals surface area contributed by atoms with Crippen molar-refractivity contribution in [2.24, 2.45) is 0 Å². The van der Waals surface area contributed by atoms with Crippen molar-refractivity contribution in [3.63, 3.8) is 0 Å². The van der Waals surface area contributed by atoms with Gasteiger partial charge in [-0.05, 0) is 99.3 Å². The lowest BCUT2D eigenvalue weighted by molar-refractivity contribution is -0.135. The maximum absolute atomic E-state index is 12.7. The minimum Gasteiger partial charge on any atom is -0.427 e. The minimum atomic E-state index is -0.495. The van der Waals surface area contributed by atoms with Gasteiger partial charge in [0, 0.05) is 19.3 Å². The molecule has 0 aliphatic heterocycles. The van der Waals surface area contributed by atoms with Gasteiger partial charge in [0.25, 0.3) is 0 Å². The predicted molar refractivity (Wildman–Crippen MR) is 206 cm³/mol. The summed E-state index contributed by atoms with van der Waals surface area (Å²) in [6.07, 6.45) is 13.0. The second kappa shape index (κ2) is 28.6. The summed E-state index contributed by atoms with van der Waals surface area (Å²) >= 11 is 0. The van der Waals surface area contributed by atoms with Crippen molar-refractivity contribution in [1.82, 2.24) is 0 Å². The average Bonchev–Trinajstić information content (AvgIpc) is 3.13. The number of rotatable bonds is 16. The molecule has 0 fully saturated rings. The first kappa shape index (κ1) is 45.7. The van der Waals surface area contributed by atoms with Crippen LogP contribution in [-0.2, 0) is 14.4 Å². The molecule has 0 bridgehead atoms. The number of carbonyl (C=O) groups excluding carboxylic acids is 4. The summed E-state index contributed by atoms with van der Waals surface area (Å²) in [5.41, 5.74) is 1.87. The normalized spacial score (nSPS) is 10.3. The summed E-state index contributed by atoms with van der Waals surface area (Å²) < 4.78 is 16.3. The van der Waals surface area contributed by atoms with Crippen molar-refractivity contribution in [3.05, 3.63) is 77.9 Å². The number of Topliss-reactive ketones (excluding diaryl/α,β-unsaturated/α-hetero) is 1. The molecule has 0 amide bonds. The summed E-state index contributed by atoms with van der Waals surface area (Å²) in [6.45, 7) is 18.1. The molecule has 276 valence electrons. The van der Waals surface area contributed by atoms with Crippen LogP contribution in [0.4, 0.5) is 0 Å². The Morgan fingerprint density at radius 1 is 0.560 bits per heavy atom. The van der Waals surface area contributed by atoms with Gasteiger partial charge >= 0.3 is 17.9 Å². The van der Waals surface area contributed by atoms with Crippen LogP contribution in [0.1, 0.15) is 150 Å². The molecule has 7 nitrogen and oxygen atoms in total. The molecule has 0 spiro atoms. The van der Waals surface area contributed by atoms with Gasteiger partial charge in [0.1, 0.15) is 23.0 Å². The Morgan fingerprint density at radius 2 is 1.00 bits per heavy atom. The second-order valence-corrected chi connectivity index (χ2v) is 11.7. The van der Waals surface area contributed by atoms with E-state index >= 15 is 0 Å². The summed E-state index contributed by atoms with van der Waals surface area (Å²) in [6, 6.07) is 17.0. The maximum atomic E-state index is 12.7. The molecule has 0 saturated carbocycles. The summed E-state index contributed by atoms with van der Waals surface area (Å²) in [5.74, 6) is 0.531. The number of hydrogen-bond donors (Lipinski definition) is 0. The van der Waals surface area contributed by atoms with E-state index in [0.717, 1.165) is 62.1 Å². The Morgan fingerprint density at radius 3 is 1.44 bits per heavy atom. The molecule has 50 heavy (non-hydrogen) atoms. The number of carbonyl (C=O) groups is 4. The minimum absolute atomic E-state index is 0.233. The number of hydrogen-bond acceptors (Lipinski definition) is 7. The zero-order valence-corrected chi connectivity index (χ0v) is 32.2. The fourth-order valence-electron chi connectivity index (χ4n) is 4.12. The van der Waals surface area contributed by atoms with Gasteiger partial charge in [0.15, 0.2) is 0 Å². The van der Waals surface area contributed by atoms with E-state index < -0.39 is 5.97 Å². The Balaban J connectivity index is 0.00000158. The number of ether oxygens (including phenoxy) is 3. The SMILES string of the molecule is CC.CC=C(C)CC.CCC(C)=O.CCCCCCC(=O)Oc1ccc(OC(=O)c2ccc3cc(OC(=O)CCCCCC)ccc3c2)cc1. The van der Waals surface area contributed by atoms with Crippen molar-refractivity contribution in [2.75, 3.05) is 0 Å². The van der Waals surface area contributed by atoms with E-state index in [1.807, 2.05) is 26.8 Å². The van der Waals surface area contributed by atoms with Gasteiger partial charge in [-0.15, -0.1) is 0 Å². The van der Waals surface area contributed by atoms with Crippen LogP contribution in [0, 0.1) is 0 Å². The monoisotopic (exact) mass is 690 g/mol. The van der Waals surface area contributed by atoms with Crippen molar-refractivity contribution < 1.29 is 33.4 Å². The molecular formula is C43H62O7. The van der Waals surface area contributed by atoms with Gasteiger partial charge in [-0.3, -0.25) is 9.59 Å². The number of esters is 3. The first-order valence-corrected chi connectivity index (χ1v) is 18.4. The lowest BCUT2D eigenvalue weighted by Crippen LogP contribution is -2.09. The smallest absolute Gasteiger partial charge is 0.343 e. The van der Waals surface area contributed by atoms with E-state index in [-0.39, 0.29) is 17.7 Å². The third-order valence-electron chi connectivity index (χ3n) is 7.56. The molecule has 0 N–H and O–H groups in total. The largest absolute Gasteiger partial charge is 0.427 e. The molecule has 0 aromatic heterocycles. The molecule has 3 aromatic carbocycles. The molecule has 0 radical (unpaired) electrons. The molecule has 3 rings (SSSR count). The van der Waals surface area contributed by atoms with Gasteiger partial charge in [-0.25, -0.2) is 4.79 Å². The average molecular weight is 691 g/mol. The number of allylic oxidation sites excluding steroid dienone is 2. The fourth-order valence-corrected chi connectivity index (χ4v) is 4.12. The van der Waals surface area contributed by atoms with Crippen molar-refractivity contribution in [3.8, 4) is 17.2 Å². The Kier molecular flexibility index (Phi) is 26.1. The third-order valence-corrected chi connectivity index (χ3v) is 7.56. The molecule has 0 heterocycles. The highest BCUT2D eigenvalue weighted by molar-refractivity contribution is 5.97. The molecule has 0 saturated heterocycles. The topological polar surface area (TPSA) is 96.0 Å². The zero-order chi connectivity index (χ0) is 37.7. The summed E-state index contributed by atoms with van der Waals surface area (Å²) in [5, 5.41) is 1.69. The van der Waals surface area contributed by atoms with Crippen molar-refractivity contribution >= 4 is 34.5 Å². The van der Waals surface area contributed by atoms with Crippen molar-refractivity contribution in [2.45, 2.75) is 139 Å². The fraction of sp³-hybridized carbons (Fsp3) is 0.488. The van der Waals surface area contributed by atoms with Crippen LogP contribution >= 0.6 is 0 Å². The van der Waals surface area contributed by atoms with Crippen LogP contribution in [0.3, 0.4) is 0 Å². The van der Waals surface area contributed by atoms with E-state index in [2.05, 4.69) is 40.7 Å². The first-order chi connectivity index (χ1) is 24.1. The molecule has 0 unspecified atom stereocenters. The Labute approximate surface area is 301 Å². The number of ketones is 1. The van der Waals surface area contributed by atoms with Gasteiger partial charge in [-0.2, -0.15) is 0 Å². The highest BCUT2D eigenvalue weighted by atomic mass is 16.5. The summed E-state index contributed by atoms with van der Waals surface area (Å²) in [4.78, 5) is 46.5. The van der Waals surface area contributed by atoms with Gasteiger partial charge in [-0.1, -0.05) is 104 Å². The second-order valence-electron chi connectivity index (χ2n) is 11.7. The molecule has 3 aromatic rings. The highest BCUT2D eigenvalue weighted by Gasteiger charge is 2.12. The zero-order valence-electron chi connectivity index (χ0n) is 32.2. The van der Waals surface area contributed by atoms with Crippen LogP contribution in [0.25, 0.3) is 10.8 Å².